The molecule has 0 radical (unpaired) electrons. The van der Waals surface area contributed by atoms with E-state index in [-0.39, 0.29) is 10.9 Å². The summed E-state index contributed by atoms with van der Waals surface area (Å²) in [7, 11) is -3.62. The van der Waals surface area contributed by atoms with Crippen molar-refractivity contribution in [3.63, 3.8) is 0 Å². The Bertz CT molecular complexity index is 642. The lowest BCUT2D eigenvalue weighted by Gasteiger charge is -2.05. The Morgan fingerprint density at radius 3 is 2.33 bits per heavy atom. The fourth-order valence-corrected chi connectivity index (χ4v) is 2.63. The van der Waals surface area contributed by atoms with E-state index in [2.05, 4.69) is 5.10 Å². The minimum atomic E-state index is -3.62. The van der Waals surface area contributed by atoms with Gasteiger partial charge < -0.3 is 5.73 Å². The van der Waals surface area contributed by atoms with E-state index >= 15 is 0 Å². The first-order valence-electron chi connectivity index (χ1n) is 5.54. The van der Waals surface area contributed by atoms with E-state index in [0.29, 0.717) is 5.69 Å². The summed E-state index contributed by atoms with van der Waals surface area (Å²) >= 11 is 0. The van der Waals surface area contributed by atoms with Gasteiger partial charge in [-0.2, -0.15) is 17.6 Å². The molecule has 18 heavy (non-hydrogen) atoms. The number of benzene rings is 1. The van der Waals surface area contributed by atoms with Crippen LogP contribution in [0.1, 0.15) is 24.2 Å². The molecule has 1 unspecified atom stereocenters. The molecular weight excluding hydrogens is 250 g/mol. The zero-order valence-electron chi connectivity index (χ0n) is 10.2. The molecule has 5 nitrogen and oxygen atoms in total. The van der Waals surface area contributed by atoms with Gasteiger partial charge in [0.1, 0.15) is 0 Å². The van der Waals surface area contributed by atoms with Crippen molar-refractivity contribution in [2.24, 2.45) is 5.73 Å². The first-order valence-corrected chi connectivity index (χ1v) is 6.98. The standard InChI is InChI=1S/C12H15N3O2S/c1-9-3-5-11(6-4-9)18(16,17)15-8-7-12(14-15)10(2)13/h3-8,10H,13H2,1-2H3. The molecule has 1 aromatic heterocycles. The van der Waals surface area contributed by atoms with Crippen LogP contribution in [-0.4, -0.2) is 17.6 Å². The Morgan fingerprint density at radius 2 is 1.83 bits per heavy atom. The molecule has 0 aliphatic heterocycles. The van der Waals surface area contributed by atoms with Gasteiger partial charge in [0.15, 0.2) is 0 Å². The number of aromatic nitrogens is 2. The molecule has 96 valence electrons. The third-order valence-corrected chi connectivity index (χ3v) is 4.18. The van der Waals surface area contributed by atoms with Gasteiger partial charge in [-0.3, -0.25) is 0 Å². The molecule has 0 spiro atoms. The molecule has 0 bridgehead atoms. The Labute approximate surface area is 106 Å². The number of nitrogens with zero attached hydrogens (tertiary/aromatic N) is 2. The quantitative estimate of drug-likeness (QED) is 0.911. The Balaban J connectivity index is 2.44. The summed E-state index contributed by atoms with van der Waals surface area (Å²) in [4.78, 5) is 0.215. The van der Waals surface area contributed by atoms with E-state index in [1.54, 1.807) is 37.3 Å². The maximum atomic E-state index is 12.2. The second-order valence-corrected chi connectivity index (χ2v) is 6.02. The van der Waals surface area contributed by atoms with Crippen LogP contribution < -0.4 is 5.73 Å². The van der Waals surface area contributed by atoms with Crippen molar-refractivity contribution < 1.29 is 8.42 Å². The van der Waals surface area contributed by atoms with Crippen LogP contribution >= 0.6 is 0 Å². The predicted molar refractivity (Wildman–Crippen MR) is 68.6 cm³/mol. The summed E-state index contributed by atoms with van der Waals surface area (Å²) in [6, 6.07) is 7.96. The monoisotopic (exact) mass is 265 g/mol. The van der Waals surface area contributed by atoms with Crippen LogP contribution in [0, 0.1) is 6.92 Å². The lowest BCUT2D eigenvalue weighted by molar-refractivity contribution is 0.578. The minimum Gasteiger partial charge on any atom is -0.323 e. The zero-order valence-corrected chi connectivity index (χ0v) is 11.1. The van der Waals surface area contributed by atoms with Crippen molar-refractivity contribution in [3.8, 4) is 0 Å². The second kappa shape index (κ2) is 4.55. The average molecular weight is 265 g/mol. The van der Waals surface area contributed by atoms with Crippen molar-refractivity contribution in [1.82, 2.24) is 9.19 Å². The molecule has 0 saturated carbocycles. The first kappa shape index (κ1) is 12.8. The molecule has 0 aliphatic rings. The largest absolute Gasteiger partial charge is 0.323 e. The molecular formula is C12H15N3O2S. The van der Waals surface area contributed by atoms with E-state index in [0.717, 1.165) is 9.65 Å². The van der Waals surface area contributed by atoms with Gasteiger partial charge in [-0.1, -0.05) is 17.7 Å². The highest BCUT2D eigenvalue weighted by molar-refractivity contribution is 7.89. The van der Waals surface area contributed by atoms with E-state index in [9.17, 15) is 8.42 Å². The smallest absolute Gasteiger partial charge is 0.282 e. The van der Waals surface area contributed by atoms with Crippen molar-refractivity contribution in [2.75, 3.05) is 0 Å². The molecule has 0 aliphatic carbocycles. The molecule has 1 atom stereocenters. The van der Waals surface area contributed by atoms with Gasteiger partial charge in [0.05, 0.1) is 10.6 Å². The van der Waals surface area contributed by atoms with Crippen molar-refractivity contribution in [1.29, 1.82) is 0 Å². The van der Waals surface area contributed by atoms with E-state index in [4.69, 9.17) is 5.73 Å². The number of nitrogens with two attached hydrogens (primary N) is 1. The van der Waals surface area contributed by atoms with Gasteiger partial charge >= 0.3 is 0 Å². The molecule has 2 rings (SSSR count). The van der Waals surface area contributed by atoms with Gasteiger partial charge in [0, 0.05) is 12.2 Å². The Hall–Kier alpha value is -1.66. The van der Waals surface area contributed by atoms with Gasteiger partial charge in [0.25, 0.3) is 10.0 Å². The molecule has 1 heterocycles. The number of hydrogen-bond donors (Lipinski definition) is 1. The fourth-order valence-electron chi connectivity index (χ4n) is 1.52. The molecule has 2 N–H and O–H groups in total. The molecule has 1 aromatic carbocycles. The molecule has 0 saturated heterocycles. The number of aryl methyl sites for hydroxylation is 1. The highest BCUT2D eigenvalue weighted by Gasteiger charge is 2.18. The Kier molecular flexibility index (Phi) is 3.23. The van der Waals surface area contributed by atoms with Gasteiger partial charge in [0.2, 0.25) is 0 Å². The Morgan fingerprint density at radius 1 is 1.22 bits per heavy atom. The summed E-state index contributed by atoms with van der Waals surface area (Å²) in [6.45, 7) is 3.66. The van der Waals surface area contributed by atoms with Gasteiger partial charge in [-0.05, 0) is 32.0 Å². The molecule has 2 aromatic rings. The van der Waals surface area contributed by atoms with Crippen LogP contribution in [0.2, 0.25) is 0 Å². The molecule has 0 fully saturated rings. The van der Waals surface area contributed by atoms with Crippen molar-refractivity contribution in [3.05, 3.63) is 47.8 Å². The van der Waals surface area contributed by atoms with Crippen LogP contribution in [0.5, 0.6) is 0 Å². The minimum absolute atomic E-state index is 0.215. The van der Waals surface area contributed by atoms with Crippen LogP contribution in [0.4, 0.5) is 0 Å². The normalized spacial score (nSPS) is 13.5. The summed E-state index contributed by atoms with van der Waals surface area (Å²) in [5.41, 5.74) is 7.21. The summed E-state index contributed by atoms with van der Waals surface area (Å²) in [6.07, 6.45) is 1.41. The lowest BCUT2D eigenvalue weighted by atomic mass is 10.2. The SMILES string of the molecule is Cc1ccc(S(=O)(=O)n2ccc(C(C)N)n2)cc1. The third-order valence-electron chi connectivity index (χ3n) is 2.62. The molecule has 0 amide bonds. The van der Waals surface area contributed by atoms with Gasteiger partial charge in [-0.15, -0.1) is 0 Å². The van der Waals surface area contributed by atoms with Crippen LogP contribution in [0.15, 0.2) is 41.4 Å². The second-order valence-electron chi connectivity index (χ2n) is 4.22. The zero-order chi connectivity index (χ0) is 13.3. The van der Waals surface area contributed by atoms with Crippen LogP contribution in [0.25, 0.3) is 0 Å². The topological polar surface area (TPSA) is 78.0 Å². The average Bonchev–Trinajstić information content (AvgIpc) is 2.79. The predicted octanol–water partition coefficient (Wildman–Crippen LogP) is 1.45. The van der Waals surface area contributed by atoms with Crippen molar-refractivity contribution in [2.45, 2.75) is 24.8 Å². The fraction of sp³-hybridized carbons (Fsp3) is 0.250. The van der Waals surface area contributed by atoms with Crippen LogP contribution in [-0.2, 0) is 10.0 Å². The number of hydrogen-bond acceptors (Lipinski definition) is 4. The highest BCUT2D eigenvalue weighted by Crippen LogP contribution is 2.15. The maximum Gasteiger partial charge on any atom is 0.282 e. The molecule has 6 heteroatoms. The summed E-state index contributed by atoms with van der Waals surface area (Å²) < 4.78 is 25.4. The van der Waals surface area contributed by atoms with E-state index in [1.807, 2.05) is 6.92 Å². The summed E-state index contributed by atoms with van der Waals surface area (Å²) in [5.74, 6) is 0. The lowest BCUT2D eigenvalue weighted by Crippen LogP contribution is -2.15. The highest BCUT2D eigenvalue weighted by atomic mass is 32.2. The number of rotatable bonds is 3. The third kappa shape index (κ3) is 2.30. The first-order chi connectivity index (χ1) is 8.41. The van der Waals surface area contributed by atoms with E-state index < -0.39 is 10.0 Å². The summed E-state index contributed by atoms with van der Waals surface area (Å²) in [5, 5.41) is 3.98. The van der Waals surface area contributed by atoms with Crippen LogP contribution in [0.3, 0.4) is 0 Å². The van der Waals surface area contributed by atoms with Crippen molar-refractivity contribution >= 4 is 10.0 Å². The van der Waals surface area contributed by atoms with Gasteiger partial charge in [-0.25, -0.2) is 0 Å². The van der Waals surface area contributed by atoms with E-state index in [1.165, 1.54) is 6.20 Å². The maximum absolute atomic E-state index is 12.2.